The molecule has 0 saturated carbocycles. The zero-order valence-corrected chi connectivity index (χ0v) is 19.7. The third kappa shape index (κ3) is 5.04. The largest absolute Gasteiger partial charge is 0.383 e. The van der Waals surface area contributed by atoms with Crippen molar-refractivity contribution in [1.29, 1.82) is 0 Å². The van der Waals surface area contributed by atoms with Crippen molar-refractivity contribution in [2.24, 2.45) is 15.7 Å². The maximum atomic E-state index is 6.49. The van der Waals surface area contributed by atoms with Gasteiger partial charge in [0.25, 0.3) is 0 Å². The molecule has 35 heavy (non-hydrogen) atoms. The lowest BCUT2D eigenvalue weighted by molar-refractivity contribution is 1.06. The Morgan fingerprint density at radius 1 is 0.686 bits per heavy atom. The van der Waals surface area contributed by atoms with Gasteiger partial charge in [0.2, 0.25) is 0 Å². The number of aliphatic imine (C=N–C) groups is 2. The van der Waals surface area contributed by atoms with E-state index in [9.17, 15) is 0 Å². The highest BCUT2D eigenvalue weighted by Gasteiger charge is 2.15. The first-order valence-electron chi connectivity index (χ1n) is 11.8. The van der Waals surface area contributed by atoms with Gasteiger partial charge in [0, 0.05) is 16.7 Å². The van der Waals surface area contributed by atoms with E-state index < -0.39 is 0 Å². The molecule has 3 nitrogen and oxygen atoms in total. The van der Waals surface area contributed by atoms with Gasteiger partial charge < -0.3 is 5.73 Å². The SMILES string of the molecule is Cc1ccc(-c2c(C(/N=C(\N)c3ccccc3)=N/Cc3ccccc3)ccc3ccccc23)cc1. The molecule has 0 unspecified atom stereocenters. The predicted molar refractivity (Wildman–Crippen MR) is 148 cm³/mol. The Balaban J connectivity index is 1.72. The van der Waals surface area contributed by atoms with Gasteiger partial charge in [0.15, 0.2) is 5.84 Å². The zero-order valence-electron chi connectivity index (χ0n) is 19.7. The van der Waals surface area contributed by atoms with Crippen LogP contribution >= 0.6 is 0 Å². The molecule has 0 aromatic heterocycles. The third-order valence-corrected chi connectivity index (χ3v) is 6.06. The van der Waals surface area contributed by atoms with E-state index in [0.29, 0.717) is 18.2 Å². The van der Waals surface area contributed by atoms with Gasteiger partial charge in [-0.2, -0.15) is 0 Å². The number of hydrogen-bond acceptors (Lipinski definition) is 1. The third-order valence-electron chi connectivity index (χ3n) is 6.06. The van der Waals surface area contributed by atoms with Crippen molar-refractivity contribution < 1.29 is 0 Å². The Morgan fingerprint density at radius 2 is 1.34 bits per heavy atom. The van der Waals surface area contributed by atoms with Gasteiger partial charge in [-0.3, -0.25) is 4.99 Å². The molecule has 0 aliphatic rings. The molecule has 2 N–H and O–H groups in total. The fraction of sp³-hybridized carbons (Fsp3) is 0.0625. The minimum atomic E-state index is 0.445. The molecule has 5 aromatic rings. The predicted octanol–water partition coefficient (Wildman–Crippen LogP) is 7.17. The molecule has 170 valence electrons. The Hall–Kier alpha value is -4.50. The fourth-order valence-electron chi connectivity index (χ4n) is 4.21. The summed E-state index contributed by atoms with van der Waals surface area (Å²) in [5.74, 6) is 1.07. The van der Waals surface area contributed by atoms with Crippen molar-refractivity contribution in [3.63, 3.8) is 0 Å². The molecule has 5 aromatic carbocycles. The summed E-state index contributed by atoms with van der Waals surface area (Å²) >= 11 is 0. The number of amidine groups is 2. The zero-order chi connectivity index (χ0) is 24.0. The average Bonchev–Trinajstić information content (AvgIpc) is 2.92. The number of rotatable bonds is 5. The van der Waals surface area contributed by atoms with E-state index in [1.807, 2.05) is 48.5 Å². The van der Waals surface area contributed by atoms with Crippen LogP contribution in [0.2, 0.25) is 0 Å². The van der Waals surface area contributed by atoms with Crippen LogP contribution in [0.15, 0.2) is 131 Å². The maximum absolute atomic E-state index is 6.49. The number of nitrogens with two attached hydrogens (primary N) is 1. The smallest absolute Gasteiger partial charge is 0.157 e. The second-order valence-electron chi connectivity index (χ2n) is 8.56. The van der Waals surface area contributed by atoms with Gasteiger partial charge in [-0.1, -0.05) is 121 Å². The van der Waals surface area contributed by atoms with E-state index in [-0.39, 0.29) is 0 Å². The van der Waals surface area contributed by atoms with Crippen LogP contribution < -0.4 is 5.73 Å². The van der Waals surface area contributed by atoms with Gasteiger partial charge >= 0.3 is 0 Å². The normalized spacial score (nSPS) is 12.1. The summed E-state index contributed by atoms with van der Waals surface area (Å²) in [5, 5.41) is 2.34. The van der Waals surface area contributed by atoms with Gasteiger partial charge in [-0.25, -0.2) is 4.99 Å². The highest BCUT2D eigenvalue weighted by Crippen LogP contribution is 2.33. The molecule has 0 atom stereocenters. The quantitative estimate of drug-likeness (QED) is 0.223. The van der Waals surface area contributed by atoms with Crippen molar-refractivity contribution in [2.45, 2.75) is 13.5 Å². The van der Waals surface area contributed by atoms with Gasteiger partial charge in [-0.15, -0.1) is 0 Å². The number of aryl methyl sites for hydroxylation is 1. The topological polar surface area (TPSA) is 50.7 Å². The monoisotopic (exact) mass is 453 g/mol. The van der Waals surface area contributed by atoms with E-state index in [1.165, 1.54) is 10.9 Å². The molecule has 0 saturated heterocycles. The standard InChI is InChI=1S/C32H27N3/c1-23-16-18-26(19-17-23)30-28-15-9-8-12-25(28)20-21-29(30)32(34-22-24-10-4-2-5-11-24)35-31(33)27-13-6-3-7-14-27/h2-21H,22H2,1H3,(H2,33,34,35). The van der Waals surface area contributed by atoms with Crippen LogP contribution in [0.4, 0.5) is 0 Å². The Labute approximate surface area is 206 Å². The summed E-state index contributed by atoms with van der Waals surface area (Å²) in [5.41, 5.74) is 12.9. The van der Waals surface area contributed by atoms with E-state index in [0.717, 1.165) is 33.2 Å². The summed E-state index contributed by atoms with van der Waals surface area (Å²) in [6, 6.07) is 41.4. The minimum Gasteiger partial charge on any atom is -0.383 e. The van der Waals surface area contributed by atoms with Crippen LogP contribution in [-0.2, 0) is 6.54 Å². The summed E-state index contributed by atoms with van der Waals surface area (Å²) < 4.78 is 0. The molecule has 5 rings (SSSR count). The Kier molecular flexibility index (Phi) is 6.49. The Bertz CT molecular complexity index is 1500. The average molecular weight is 454 g/mol. The summed E-state index contributed by atoms with van der Waals surface area (Å²) in [6.07, 6.45) is 0. The number of fused-ring (bicyclic) bond motifs is 1. The van der Waals surface area contributed by atoms with Crippen LogP contribution in [0, 0.1) is 6.92 Å². The summed E-state index contributed by atoms with van der Waals surface area (Å²) in [6.45, 7) is 2.62. The lowest BCUT2D eigenvalue weighted by Crippen LogP contribution is -2.16. The summed E-state index contributed by atoms with van der Waals surface area (Å²) in [7, 11) is 0. The number of benzene rings is 5. The van der Waals surface area contributed by atoms with E-state index >= 15 is 0 Å². The van der Waals surface area contributed by atoms with E-state index in [1.54, 1.807) is 0 Å². The molecule has 3 heteroatoms. The molecule has 0 heterocycles. The van der Waals surface area contributed by atoms with Crippen molar-refractivity contribution in [3.05, 3.63) is 144 Å². The lowest BCUT2D eigenvalue weighted by Gasteiger charge is -2.15. The first-order chi connectivity index (χ1) is 17.2. The molecule has 0 amide bonds. The number of hydrogen-bond donors (Lipinski definition) is 1. The van der Waals surface area contributed by atoms with Crippen molar-refractivity contribution >= 4 is 22.4 Å². The van der Waals surface area contributed by atoms with Gasteiger partial charge in [0.1, 0.15) is 5.84 Å². The van der Waals surface area contributed by atoms with Gasteiger partial charge in [-0.05, 0) is 34.9 Å². The first kappa shape index (κ1) is 22.3. The molecular formula is C32H27N3. The van der Waals surface area contributed by atoms with Crippen LogP contribution in [0.1, 0.15) is 22.3 Å². The van der Waals surface area contributed by atoms with Gasteiger partial charge in [0.05, 0.1) is 6.54 Å². The summed E-state index contributed by atoms with van der Waals surface area (Å²) in [4.78, 5) is 9.88. The molecule has 0 aliphatic heterocycles. The molecular weight excluding hydrogens is 426 g/mol. The van der Waals surface area contributed by atoms with Crippen LogP contribution in [-0.4, -0.2) is 11.7 Å². The van der Waals surface area contributed by atoms with Crippen LogP contribution in [0.3, 0.4) is 0 Å². The Morgan fingerprint density at radius 3 is 2.09 bits per heavy atom. The molecule has 0 aliphatic carbocycles. The highest BCUT2D eigenvalue weighted by atomic mass is 15.0. The van der Waals surface area contributed by atoms with E-state index in [4.69, 9.17) is 15.7 Å². The van der Waals surface area contributed by atoms with Crippen LogP contribution in [0.5, 0.6) is 0 Å². The van der Waals surface area contributed by atoms with Crippen molar-refractivity contribution in [1.82, 2.24) is 0 Å². The second kappa shape index (κ2) is 10.2. The van der Waals surface area contributed by atoms with E-state index in [2.05, 4.69) is 79.7 Å². The molecule has 0 bridgehead atoms. The van der Waals surface area contributed by atoms with Crippen molar-refractivity contribution in [3.8, 4) is 11.1 Å². The van der Waals surface area contributed by atoms with Crippen molar-refractivity contribution in [2.75, 3.05) is 0 Å². The van der Waals surface area contributed by atoms with Crippen LogP contribution in [0.25, 0.3) is 21.9 Å². The number of nitrogens with zero attached hydrogens (tertiary/aromatic N) is 2. The second-order valence-corrected chi connectivity index (χ2v) is 8.56. The fourth-order valence-corrected chi connectivity index (χ4v) is 4.21. The molecule has 0 radical (unpaired) electrons. The lowest BCUT2D eigenvalue weighted by atomic mass is 9.92. The maximum Gasteiger partial charge on any atom is 0.157 e. The molecule has 0 spiro atoms. The minimum absolute atomic E-state index is 0.445. The first-order valence-corrected chi connectivity index (χ1v) is 11.8. The highest BCUT2D eigenvalue weighted by molar-refractivity contribution is 6.16. The molecule has 0 fully saturated rings.